The normalized spacial score (nSPS) is 16.5. The van der Waals surface area contributed by atoms with Crippen LogP contribution in [-0.4, -0.2) is 27.9 Å². The lowest BCUT2D eigenvalue weighted by atomic mass is 10.0. The number of pyridine rings is 1. The van der Waals surface area contributed by atoms with Crippen molar-refractivity contribution >= 4 is 11.6 Å². The molecule has 0 bridgehead atoms. The maximum absolute atomic E-state index is 12.4. The van der Waals surface area contributed by atoms with Gasteiger partial charge in [0.2, 0.25) is 0 Å². The molecule has 1 N–H and O–H groups in total. The molecule has 0 spiro atoms. The summed E-state index contributed by atoms with van der Waals surface area (Å²) >= 11 is 0. The van der Waals surface area contributed by atoms with Crippen LogP contribution in [-0.2, 0) is 6.42 Å². The van der Waals surface area contributed by atoms with E-state index >= 15 is 0 Å². The van der Waals surface area contributed by atoms with Crippen LogP contribution in [0.4, 0.5) is 0 Å². The number of benzene rings is 1. The molecule has 5 heteroatoms. The van der Waals surface area contributed by atoms with Crippen LogP contribution in [0.3, 0.4) is 0 Å². The van der Waals surface area contributed by atoms with Gasteiger partial charge in [0.05, 0.1) is 17.8 Å². The highest BCUT2D eigenvalue weighted by Gasteiger charge is 2.20. The minimum Gasteiger partial charge on any atom is -0.488 e. The fourth-order valence-electron chi connectivity index (χ4n) is 3.09. The van der Waals surface area contributed by atoms with E-state index in [2.05, 4.69) is 16.4 Å². The Bertz CT molecular complexity index is 901. The number of imidazole rings is 1. The number of fused-ring (bicyclic) bond motifs is 2. The zero-order valence-electron chi connectivity index (χ0n) is 13.5. The average molecular weight is 321 g/mol. The SMILES string of the molecule is Cc1cn2cc(C(=O)NCC3CCc4ccccc4O3)ccc2n1. The zero-order valence-corrected chi connectivity index (χ0v) is 13.5. The van der Waals surface area contributed by atoms with Crippen LogP contribution in [0.2, 0.25) is 0 Å². The van der Waals surface area contributed by atoms with Crippen molar-refractivity contribution in [2.45, 2.75) is 25.9 Å². The molecule has 1 aliphatic heterocycles. The van der Waals surface area contributed by atoms with Gasteiger partial charge in [0.1, 0.15) is 17.5 Å². The molecule has 1 amide bonds. The molecule has 0 fully saturated rings. The van der Waals surface area contributed by atoms with E-state index in [9.17, 15) is 4.79 Å². The molecule has 24 heavy (non-hydrogen) atoms. The summed E-state index contributed by atoms with van der Waals surface area (Å²) in [7, 11) is 0. The third-order valence-corrected chi connectivity index (χ3v) is 4.33. The molecule has 122 valence electrons. The number of para-hydroxylation sites is 1. The molecule has 1 aliphatic rings. The van der Waals surface area contributed by atoms with E-state index in [-0.39, 0.29) is 12.0 Å². The van der Waals surface area contributed by atoms with Gasteiger partial charge in [-0.3, -0.25) is 4.79 Å². The van der Waals surface area contributed by atoms with Crippen LogP contribution >= 0.6 is 0 Å². The number of carbonyl (C=O) groups excluding carboxylic acids is 1. The van der Waals surface area contributed by atoms with E-state index in [0.717, 1.165) is 29.9 Å². The average Bonchev–Trinajstić information content (AvgIpc) is 2.98. The van der Waals surface area contributed by atoms with E-state index in [1.54, 1.807) is 6.07 Å². The topological polar surface area (TPSA) is 55.6 Å². The minimum absolute atomic E-state index is 0.0167. The van der Waals surface area contributed by atoms with Gasteiger partial charge in [0.15, 0.2) is 0 Å². The highest BCUT2D eigenvalue weighted by atomic mass is 16.5. The molecule has 1 unspecified atom stereocenters. The fourth-order valence-corrected chi connectivity index (χ4v) is 3.09. The monoisotopic (exact) mass is 321 g/mol. The molecule has 0 radical (unpaired) electrons. The van der Waals surface area contributed by atoms with Crippen molar-refractivity contribution in [3.63, 3.8) is 0 Å². The summed E-state index contributed by atoms with van der Waals surface area (Å²) in [6.07, 6.45) is 5.63. The molecule has 0 saturated heterocycles. The predicted octanol–water partition coefficient (Wildman–Crippen LogP) is 2.77. The Balaban J connectivity index is 1.41. The van der Waals surface area contributed by atoms with Gasteiger partial charge in [-0.25, -0.2) is 4.98 Å². The number of hydrogen-bond donors (Lipinski definition) is 1. The molecule has 3 heterocycles. The van der Waals surface area contributed by atoms with E-state index in [0.29, 0.717) is 12.1 Å². The number of carbonyl (C=O) groups is 1. The number of aryl methyl sites for hydroxylation is 2. The third-order valence-electron chi connectivity index (χ3n) is 4.33. The van der Waals surface area contributed by atoms with Crippen molar-refractivity contribution < 1.29 is 9.53 Å². The van der Waals surface area contributed by atoms with Gasteiger partial charge in [-0.1, -0.05) is 18.2 Å². The molecule has 2 aromatic heterocycles. The lowest BCUT2D eigenvalue weighted by Crippen LogP contribution is -2.37. The Morgan fingerprint density at radius 1 is 1.29 bits per heavy atom. The Kier molecular flexibility index (Phi) is 3.69. The van der Waals surface area contributed by atoms with Gasteiger partial charge >= 0.3 is 0 Å². The van der Waals surface area contributed by atoms with Crippen molar-refractivity contribution in [2.24, 2.45) is 0 Å². The summed E-state index contributed by atoms with van der Waals surface area (Å²) in [4.78, 5) is 16.7. The van der Waals surface area contributed by atoms with Crippen LogP contribution in [0.25, 0.3) is 5.65 Å². The van der Waals surface area contributed by atoms with Crippen LogP contribution in [0.5, 0.6) is 5.75 Å². The Hall–Kier alpha value is -2.82. The molecule has 3 aromatic rings. The number of rotatable bonds is 3. The van der Waals surface area contributed by atoms with E-state index in [1.165, 1.54) is 5.56 Å². The molecule has 5 nitrogen and oxygen atoms in total. The summed E-state index contributed by atoms with van der Waals surface area (Å²) in [6, 6.07) is 11.7. The van der Waals surface area contributed by atoms with Crippen molar-refractivity contribution in [1.82, 2.24) is 14.7 Å². The first-order valence-corrected chi connectivity index (χ1v) is 8.17. The molecule has 0 saturated carbocycles. The second-order valence-electron chi connectivity index (χ2n) is 6.16. The smallest absolute Gasteiger partial charge is 0.252 e. The number of hydrogen-bond acceptors (Lipinski definition) is 3. The van der Waals surface area contributed by atoms with Crippen molar-refractivity contribution in [1.29, 1.82) is 0 Å². The maximum atomic E-state index is 12.4. The molecular weight excluding hydrogens is 302 g/mol. The number of amides is 1. The number of aromatic nitrogens is 2. The standard InChI is InChI=1S/C19H19N3O2/c1-13-11-22-12-15(7-9-18(22)21-13)19(23)20-10-16-8-6-14-4-2-3-5-17(14)24-16/h2-5,7,9,11-12,16H,6,8,10H2,1H3,(H,20,23). The molecular formula is C19H19N3O2. The number of nitrogens with one attached hydrogen (secondary N) is 1. The number of ether oxygens (including phenoxy) is 1. The summed E-state index contributed by atoms with van der Waals surface area (Å²) < 4.78 is 7.83. The van der Waals surface area contributed by atoms with Crippen LogP contribution < -0.4 is 10.1 Å². The van der Waals surface area contributed by atoms with Gasteiger partial charge < -0.3 is 14.5 Å². The van der Waals surface area contributed by atoms with Crippen molar-refractivity contribution in [3.05, 3.63) is 65.6 Å². The third kappa shape index (κ3) is 2.85. The fraction of sp³-hybridized carbons (Fsp3) is 0.263. The maximum Gasteiger partial charge on any atom is 0.252 e. The first-order chi connectivity index (χ1) is 11.7. The minimum atomic E-state index is -0.0919. The summed E-state index contributed by atoms with van der Waals surface area (Å²) in [5.74, 6) is 0.837. The van der Waals surface area contributed by atoms with Gasteiger partial charge in [-0.05, 0) is 43.5 Å². The molecule has 1 atom stereocenters. The second-order valence-corrected chi connectivity index (χ2v) is 6.16. The summed E-state index contributed by atoms with van der Waals surface area (Å²) in [5.41, 5.74) is 3.63. The van der Waals surface area contributed by atoms with Crippen LogP contribution in [0.15, 0.2) is 48.8 Å². The second kappa shape index (κ2) is 6.00. The molecule has 1 aromatic carbocycles. The Morgan fingerprint density at radius 3 is 3.08 bits per heavy atom. The highest BCUT2D eigenvalue weighted by Crippen LogP contribution is 2.26. The molecule has 0 aliphatic carbocycles. The van der Waals surface area contributed by atoms with Gasteiger partial charge in [0, 0.05) is 12.4 Å². The van der Waals surface area contributed by atoms with Crippen molar-refractivity contribution in [3.8, 4) is 5.75 Å². The van der Waals surface area contributed by atoms with Crippen LogP contribution in [0, 0.1) is 6.92 Å². The van der Waals surface area contributed by atoms with Gasteiger partial charge in [0.25, 0.3) is 5.91 Å². The largest absolute Gasteiger partial charge is 0.488 e. The van der Waals surface area contributed by atoms with Gasteiger partial charge in [-0.2, -0.15) is 0 Å². The lowest BCUT2D eigenvalue weighted by molar-refractivity contribution is 0.0918. The van der Waals surface area contributed by atoms with Gasteiger partial charge in [-0.15, -0.1) is 0 Å². The summed E-state index contributed by atoms with van der Waals surface area (Å²) in [6.45, 7) is 2.44. The van der Waals surface area contributed by atoms with Crippen LogP contribution in [0.1, 0.15) is 28.0 Å². The predicted molar refractivity (Wildman–Crippen MR) is 91.4 cm³/mol. The van der Waals surface area contributed by atoms with E-state index < -0.39 is 0 Å². The van der Waals surface area contributed by atoms with E-state index in [1.807, 2.05) is 48.0 Å². The summed E-state index contributed by atoms with van der Waals surface area (Å²) in [5, 5.41) is 2.97. The lowest BCUT2D eigenvalue weighted by Gasteiger charge is -2.26. The highest BCUT2D eigenvalue weighted by molar-refractivity contribution is 5.94. The Labute approximate surface area is 140 Å². The molecule has 4 rings (SSSR count). The quantitative estimate of drug-likeness (QED) is 0.807. The Morgan fingerprint density at radius 2 is 2.17 bits per heavy atom. The first-order valence-electron chi connectivity index (χ1n) is 8.17. The van der Waals surface area contributed by atoms with E-state index in [4.69, 9.17) is 4.74 Å². The number of nitrogens with zero attached hydrogens (tertiary/aromatic N) is 2. The zero-order chi connectivity index (χ0) is 16.5. The first kappa shape index (κ1) is 14.8. The van der Waals surface area contributed by atoms with Crippen molar-refractivity contribution in [2.75, 3.05) is 6.54 Å².